The van der Waals surface area contributed by atoms with Crippen molar-refractivity contribution in [3.8, 4) is 6.08 Å². The van der Waals surface area contributed by atoms with Crippen LogP contribution in [-0.2, 0) is 36.2 Å². The number of sulfonamides is 1. The molecule has 0 spiro atoms. The molecule has 1 N–H and O–H groups in total. The summed E-state index contributed by atoms with van der Waals surface area (Å²) in [6, 6.07) is 6.47. The summed E-state index contributed by atoms with van der Waals surface area (Å²) < 4.78 is 40.0. The van der Waals surface area contributed by atoms with Crippen LogP contribution in [0.5, 0.6) is 6.08 Å². The molecule has 0 radical (unpaired) electrons. The fraction of sp³-hybridized carbons (Fsp3) is 0.595. The van der Waals surface area contributed by atoms with Gasteiger partial charge in [-0.2, -0.15) is 4.98 Å². The van der Waals surface area contributed by atoms with Crippen molar-refractivity contribution < 1.29 is 32.0 Å². The molecule has 2 aromatic heterocycles. The number of Topliss-reactive ketones (excluding diaryl/α,β-unsaturated/α-hetero) is 1. The second kappa shape index (κ2) is 13.5. The zero-order valence-electron chi connectivity index (χ0n) is 28.9. The lowest BCUT2D eigenvalue weighted by Crippen LogP contribution is -2.46. The number of aromatic nitrogens is 2. The van der Waals surface area contributed by atoms with Crippen LogP contribution < -0.4 is 9.46 Å². The average molecular weight is 723 g/mol. The third-order valence-electron chi connectivity index (χ3n) is 10.6. The Morgan fingerprint density at radius 2 is 1.92 bits per heavy atom. The van der Waals surface area contributed by atoms with Crippen molar-refractivity contribution in [2.24, 2.45) is 17.3 Å². The molecule has 3 fully saturated rings. The number of nitrogens with zero attached hydrogens (tertiary/aromatic N) is 3. The molecule has 1 aromatic carbocycles. The topological polar surface area (TPSA) is 149 Å². The van der Waals surface area contributed by atoms with Gasteiger partial charge in [-0.05, 0) is 56.6 Å². The molecule has 5 atom stereocenters. The molecule has 13 heteroatoms. The fourth-order valence-corrected chi connectivity index (χ4v) is 9.81. The number of nitrogens with one attached hydrogen (secondary N) is 1. The number of fused-ring (bicyclic) bond motifs is 3. The Balaban J connectivity index is 1.18. The third kappa shape index (κ3) is 7.39. The van der Waals surface area contributed by atoms with Crippen LogP contribution >= 0.6 is 11.3 Å². The molecule has 0 bridgehead atoms. The van der Waals surface area contributed by atoms with E-state index < -0.39 is 38.7 Å². The van der Waals surface area contributed by atoms with E-state index in [0.717, 1.165) is 36.4 Å². The number of para-hydroxylation sites is 2. The lowest BCUT2D eigenvalue weighted by atomic mass is 9.90. The van der Waals surface area contributed by atoms with Crippen LogP contribution in [0.2, 0.25) is 0 Å². The van der Waals surface area contributed by atoms with Crippen LogP contribution in [0.1, 0.15) is 95.7 Å². The van der Waals surface area contributed by atoms with Crippen molar-refractivity contribution in [3.05, 3.63) is 52.5 Å². The maximum Gasteiger partial charge on any atom is 0.394 e. The number of oxazole rings is 1. The third-order valence-corrected chi connectivity index (χ3v) is 13.3. The Kier molecular flexibility index (Phi) is 9.42. The Morgan fingerprint density at radius 3 is 2.66 bits per heavy atom. The summed E-state index contributed by atoms with van der Waals surface area (Å²) in [5, 5.41) is 2.39. The van der Waals surface area contributed by atoms with E-state index in [9.17, 15) is 22.8 Å². The summed E-state index contributed by atoms with van der Waals surface area (Å²) in [6.07, 6.45) is 9.67. The monoisotopic (exact) mass is 722 g/mol. The molecule has 2 saturated carbocycles. The lowest BCUT2D eigenvalue weighted by Gasteiger charge is -2.29. The average Bonchev–Trinajstić information content (AvgIpc) is 3.86. The van der Waals surface area contributed by atoms with Gasteiger partial charge in [0, 0.05) is 36.0 Å². The number of thiazole rings is 1. The molecule has 268 valence electrons. The SMILES string of the molecule is CC(C)(C)c1csc(C[C@H]2CCCCC/C=C\[C@H]3C[C@@]3(C(=O)NS(=O)(=O)C3CC3)CC(=O)[C@@H]3C[C@@H](Oc4nc5ccccc5o4)CN3C2=O)n1. The van der Waals surface area contributed by atoms with Gasteiger partial charge in [-0.3, -0.25) is 19.1 Å². The Hall–Kier alpha value is -3.58. The van der Waals surface area contributed by atoms with Gasteiger partial charge in [0.1, 0.15) is 11.6 Å². The molecule has 2 amide bonds. The Labute approximate surface area is 297 Å². The van der Waals surface area contributed by atoms with Crippen molar-refractivity contribution in [3.63, 3.8) is 0 Å². The number of hydrogen-bond donors (Lipinski definition) is 1. The number of rotatable bonds is 7. The summed E-state index contributed by atoms with van der Waals surface area (Å²) in [5.41, 5.74) is 0.913. The number of allylic oxidation sites excluding steroid dienone is 2. The predicted octanol–water partition coefficient (Wildman–Crippen LogP) is 5.88. The quantitative estimate of drug-likeness (QED) is 0.295. The highest BCUT2D eigenvalue weighted by atomic mass is 32.2. The maximum atomic E-state index is 14.6. The fourth-order valence-electron chi connectivity index (χ4n) is 7.32. The van der Waals surface area contributed by atoms with Crippen molar-refractivity contribution in [1.29, 1.82) is 0 Å². The smallest absolute Gasteiger partial charge is 0.394 e. The number of hydrogen-bond acceptors (Lipinski definition) is 10. The number of carbonyl (C=O) groups is 3. The van der Waals surface area contributed by atoms with Crippen LogP contribution in [0.4, 0.5) is 0 Å². The van der Waals surface area contributed by atoms with E-state index in [4.69, 9.17) is 14.1 Å². The van der Waals surface area contributed by atoms with Gasteiger partial charge in [-0.1, -0.05) is 57.9 Å². The van der Waals surface area contributed by atoms with Crippen LogP contribution in [0.3, 0.4) is 0 Å². The first kappa shape index (κ1) is 34.9. The molecular weight excluding hydrogens is 677 g/mol. The molecule has 7 rings (SSSR count). The van der Waals surface area contributed by atoms with Gasteiger partial charge in [0.25, 0.3) is 0 Å². The first-order chi connectivity index (χ1) is 23.8. The van der Waals surface area contributed by atoms with Gasteiger partial charge in [0.2, 0.25) is 21.8 Å². The molecule has 50 heavy (non-hydrogen) atoms. The second-order valence-corrected chi connectivity index (χ2v) is 18.5. The summed E-state index contributed by atoms with van der Waals surface area (Å²) in [5.74, 6) is -1.66. The maximum absolute atomic E-state index is 14.6. The van der Waals surface area contributed by atoms with Gasteiger partial charge >= 0.3 is 6.08 Å². The van der Waals surface area contributed by atoms with E-state index in [1.165, 1.54) is 0 Å². The summed E-state index contributed by atoms with van der Waals surface area (Å²) in [4.78, 5) is 53.7. The predicted molar refractivity (Wildman–Crippen MR) is 189 cm³/mol. The van der Waals surface area contributed by atoms with Crippen molar-refractivity contribution in [1.82, 2.24) is 19.6 Å². The second-order valence-electron chi connectivity index (χ2n) is 15.6. The van der Waals surface area contributed by atoms with Gasteiger partial charge in [0.15, 0.2) is 11.4 Å². The Bertz CT molecular complexity index is 1870. The standard InChI is InChI=1S/C37H46N4O7S2/c1-36(2,3)31-22-49-32(39-31)17-23-11-7-5-4-6-8-12-24-19-37(24,34(44)40-50(45,46)26-15-16-26)20-29(42)28-18-25(21-41(28)33(23)43)47-35-38-27-13-9-10-14-30(27)48-35/h8-10,12-14,22-26,28H,4-7,11,15-21H2,1-3H3,(H,40,44)/b12-8-/t23-,24+,25-,28+,37-/m1/s1. The van der Waals surface area contributed by atoms with E-state index in [1.807, 2.05) is 24.3 Å². The van der Waals surface area contributed by atoms with Crippen LogP contribution in [0.25, 0.3) is 11.1 Å². The van der Waals surface area contributed by atoms with E-state index in [2.05, 4.69) is 41.9 Å². The summed E-state index contributed by atoms with van der Waals surface area (Å²) in [6.45, 7) is 6.51. The van der Waals surface area contributed by atoms with Crippen LogP contribution in [0, 0.1) is 17.3 Å². The first-order valence-electron chi connectivity index (χ1n) is 17.9. The highest BCUT2D eigenvalue weighted by Crippen LogP contribution is 2.57. The van der Waals surface area contributed by atoms with Gasteiger partial charge < -0.3 is 14.1 Å². The highest BCUT2D eigenvalue weighted by molar-refractivity contribution is 7.90. The molecule has 4 heterocycles. The van der Waals surface area contributed by atoms with E-state index in [1.54, 1.807) is 22.3 Å². The molecule has 3 aromatic rings. The van der Waals surface area contributed by atoms with E-state index >= 15 is 0 Å². The Morgan fingerprint density at radius 1 is 1.12 bits per heavy atom. The zero-order valence-corrected chi connectivity index (χ0v) is 30.6. The van der Waals surface area contributed by atoms with Crippen molar-refractivity contribution in [2.45, 2.75) is 114 Å². The molecule has 2 aliphatic carbocycles. The zero-order chi connectivity index (χ0) is 35.3. The normalized spacial score (nSPS) is 28.7. The van der Waals surface area contributed by atoms with Gasteiger partial charge in [0.05, 0.1) is 34.0 Å². The minimum Gasteiger partial charge on any atom is -0.445 e. The number of carbonyl (C=O) groups excluding carboxylic acids is 3. The molecular formula is C37H46N4O7S2. The number of ketones is 1. The van der Waals surface area contributed by atoms with Crippen LogP contribution in [0.15, 0.2) is 46.2 Å². The molecule has 0 unspecified atom stereocenters. The minimum atomic E-state index is -3.80. The van der Waals surface area contributed by atoms with Crippen molar-refractivity contribution in [2.75, 3.05) is 6.54 Å². The van der Waals surface area contributed by atoms with Gasteiger partial charge in [-0.15, -0.1) is 11.3 Å². The summed E-state index contributed by atoms with van der Waals surface area (Å²) in [7, 11) is -3.80. The first-order valence-corrected chi connectivity index (χ1v) is 20.3. The van der Waals surface area contributed by atoms with Gasteiger partial charge in [-0.25, -0.2) is 13.4 Å². The number of amides is 2. The van der Waals surface area contributed by atoms with Crippen LogP contribution in [-0.4, -0.2) is 64.8 Å². The van der Waals surface area contributed by atoms with E-state index in [-0.39, 0.29) is 54.4 Å². The lowest BCUT2D eigenvalue weighted by molar-refractivity contribution is -0.142. The molecule has 4 aliphatic rings. The summed E-state index contributed by atoms with van der Waals surface area (Å²) >= 11 is 1.56. The number of benzene rings is 1. The minimum absolute atomic E-state index is 0.0707. The van der Waals surface area contributed by atoms with Crippen molar-refractivity contribution >= 4 is 50.1 Å². The highest BCUT2D eigenvalue weighted by Gasteiger charge is 2.61. The molecule has 1 saturated heterocycles. The largest absolute Gasteiger partial charge is 0.445 e. The number of ether oxygens (including phenoxy) is 1. The van der Waals surface area contributed by atoms with E-state index in [0.29, 0.717) is 43.2 Å². The molecule has 2 aliphatic heterocycles. The molecule has 11 nitrogen and oxygen atoms in total.